The fourth-order valence-electron chi connectivity index (χ4n) is 1.98. The first-order valence-corrected chi connectivity index (χ1v) is 6.60. The summed E-state index contributed by atoms with van der Waals surface area (Å²) < 4.78 is 13.8. The molecule has 1 aromatic rings. The van der Waals surface area contributed by atoms with Crippen molar-refractivity contribution in [3.63, 3.8) is 0 Å². The molecule has 0 heterocycles. The molecule has 0 saturated heterocycles. The van der Waals surface area contributed by atoms with Crippen molar-refractivity contribution in [3.05, 3.63) is 34.1 Å². The Labute approximate surface area is 105 Å². The Morgan fingerprint density at radius 3 is 2.81 bits per heavy atom. The van der Waals surface area contributed by atoms with Gasteiger partial charge in [-0.15, -0.1) is 0 Å². The Morgan fingerprint density at radius 1 is 1.44 bits per heavy atom. The molecule has 2 rings (SSSR count). The van der Waals surface area contributed by atoms with Gasteiger partial charge in [0.2, 0.25) is 0 Å². The maximum Gasteiger partial charge on any atom is 0.137 e. The lowest BCUT2D eigenvalue weighted by Crippen LogP contribution is -2.23. The molecule has 88 valence electrons. The molecule has 0 radical (unpaired) electrons. The first kappa shape index (κ1) is 12.1. The zero-order valence-electron chi connectivity index (χ0n) is 9.52. The summed E-state index contributed by atoms with van der Waals surface area (Å²) >= 11 is 3.28. The van der Waals surface area contributed by atoms with Crippen LogP contribution in [0.3, 0.4) is 0 Å². The molecule has 0 bridgehead atoms. The van der Waals surface area contributed by atoms with Crippen molar-refractivity contribution in [1.82, 2.24) is 5.32 Å². The molecule has 16 heavy (non-hydrogen) atoms. The van der Waals surface area contributed by atoms with E-state index >= 15 is 0 Å². The molecule has 1 aromatic carbocycles. The molecule has 1 aliphatic rings. The molecular formula is C13H17BrFN. The van der Waals surface area contributed by atoms with Gasteiger partial charge >= 0.3 is 0 Å². The molecule has 0 spiro atoms. The maximum absolute atomic E-state index is 13.2. The largest absolute Gasteiger partial charge is 0.312 e. The number of rotatable bonds is 5. The highest BCUT2D eigenvalue weighted by atomic mass is 79.9. The highest BCUT2D eigenvalue weighted by molar-refractivity contribution is 9.10. The van der Waals surface area contributed by atoms with Crippen molar-refractivity contribution in [3.8, 4) is 0 Å². The van der Waals surface area contributed by atoms with Crippen LogP contribution in [0.5, 0.6) is 0 Å². The van der Waals surface area contributed by atoms with Crippen LogP contribution in [0.4, 0.5) is 4.39 Å². The standard InChI is InChI=1S/C13H17BrFN/c1-2-13(6-7-13)9-16-8-10-4-3-5-11(15)12(10)14/h3-5,16H,2,6-9H2,1H3. The number of halogens is 2. The van der Waals surface area contributed by atoms with Crippen LogP contribution in [0.15, 0.2) is 22.7 Å². The molecule has 1 aliphatic carbocycles. The van der Waals surface area contributed by atoms with E-state index in [9.17, 15) is 4.39 Å². The van der Waals surface area contributed by atoms with Crippen LogP contribution < -0.4 is 5.32 Å². The minimum absolute atomic E-state index is 0.184. The summed E-state index contributed by atoms with van der Waals surface area (Å²) in [5.74, 6) is -0.184. The third-order valence-electron chi connectivity index (χ3n) is 3.55. The van der Waals surface area contributed by atoms with Gasteiger partial charge in [0.05, 0.1) is 4.47 Å². The number of benzene rings is 1. The quantitative estimate of drug-likeness (QED) is 0.866. The molecule has 3 heteroatoms. The van der Waals surface area contributed by atoms with Crippen LogP contribution in [-0.4, -0.2) is 6.54 Å². The molecule has 1 fully saturated rings. The van der Waals surface area contributed by atoms with Gasteiger partial charge in [-0.05, 0) is 52.2 Å². The fourth-order valence-corrected chi connectivity index (χ4v) is 2.38. The first-order valence-electron chi connectivity index (χ1n) is 5.80. The Hall–Kier alpha value is -0.410. The first-order chi connectivity index (χ1) is 7.67. The normalized spacial score (nSPS) is 17.4. The fraction of sp³-hybridized carbons (Fsp3) is 0.538. The molecule has 0 amide bonds. The van der Waals surface area contributed by atoms with E-state index < -0.39 is 0 Å². The van der Waals surface area contributed by atoms with Gasteiger partial charge in [-0.2, -0.15) is 0 Å². The summed E-state index contributed by atoms with van der Waals surface area (Å²) in [6, 6.07) is 5.18. The Bertz CT molecular complexity index is 374. The van der Waals surface area contributed by atoms with Gasteiger partial charge in [0.25, 0.3) is 0 Å². The second kappa shape index (κ2) is 4.84. The van der Waals surface area contributed by atoms with E-state index in [4.69, 9.17) is 0 Å². The molecule has 0 aliphatic heterocycles. The Kier molecular flexibility index (Phi) is 3.65. The SMILES string of the molecule is CCC1(CNCc2cccc(F)c2Br)CC1. The lowest BCUT2D eigenvalue weighted by atomic mass is 10.0. The molecule has 0 aromatic heterocycles. The molecule has 1 nitrogen and oxygen atoms in total. The predicted molar refractivity (Wildman–Crippen MR) is 67.8 cm³/mol. The number of hydrogen-bond donors (Lipinski definition) is 1. The highest BCUT2D eigenvalue weighted by Crippen LogP contribution is 2.47. The van der Waals surface area contributed by atoms with Gasteiger partial charge in [-0.25, -0.2) is 4.39 Å². The topological polar surface area (TPSA) is 12.0 Å². The molecule has 1 N–H and O–H groups in total. The molecule has 1 saturated carbocycles. The molecule has 0 unspecified atom stereocenters. The van der Waals surface area contributed by atoms with E-state index in [1.807, 2.05) is 6.07 Å². The summed E-state index contributed by atoms with van der Waals surface area (Å²) in [5.41, 5.74) is 1.53. The summed E-state index contributed by atoms with van der Waals surface area (Å²) in [7, 11) is 0. The highest BCUT2D eigenvalue weighted by Gasteiger charge is 2.39. The summed E-state index contributed by atoms with van der Waals surface area (Å²) in [6.07, 6.45) is 3.91. The van der Waals surface area contributed by atoms with Gasteiger partial charge in [-0.1, -0.05) is 19.1 Å². The van der Waals surface area contributed by atoms with Crippen LogP contribution in [0, 0.1) is 11.2 Å². The lowest BCUT2D eigenvalue weighted by molar-refractivity contribution is 0.443. The van der Waals surface area contributed by atoms with Gasteiger partial charge in [0.1, 0.15) is 5.82 Å². The summed E-state index contributed by atoms with van der Waals surface area (Å²) in [4.78, 5) is 0. The van der Waals surface area contributed by atoms with Crippen molar-refractivity contribution < 1.29 is 4.39 Å². The van der Waals surface area contributed by atoms with Gasteiger partial charge in [0, 0.05) is 13.1 Å². The van der Waals surface area contributed by atoms with Crippen molar-refractivity contribution in [1.29, 1.82) is 0 Å². The Balaban J connectivity index is 1.88. The third-order valence-corrected chi connectivity index (χ3v) is 4.44. The van der Waals surface area contributed by atoms with E-state index in [-0.39, 0.29) is 5.82 Å². The monoisotopic (exact) mass is 285 g/mol. The summed E-state index contributed by atoms with van der Waals surface area (Å²) in [6.45, 7) is 4.03. The van der Waals surface area contributed by atoms with E-state index in [0.29, 0.717) is 9.89 Å². The van der Waals surface area contributed by atoms with Crippen LogP contribution in [0.2, 0.25) is 0 Å². The van der Waals surface area contributed by atoms with E-state index in [2.05, 4.69) is 28.2 Å². The van der Waals surface area contributed by atoms with Crippen molar-refractivity contribution in [2.24, 2.45) is 5.41 Å². The summed E-state index contributed by atoms with van der Waals surface area (Å²) in [5, 5.41) is 3.43. The second-order valence-corrected chi connectivity index (χ2v) is 5.46. The number of hydrogen-bond acceptors (Lipinski definition) is 1. The van der Waals surface area contributed by atoms with Crippen LogP contribution in [-0.2, 0) is 6.54 Å². The maximum atomic E-state index is 13.2. The van der Waals surface area contributed by atoms with Crippen LogP contribution >= 0.6 is 15.9 Å². The minimum atomic E-state index is -0.184. The van der Waals surface area contributed by atoms with Crippen molar-refractivity contribution in [2.75, 3.05) is 6.54 Å². The zero-order chi connectivity index (χ0) is 11.6. The van der Waals surface area contributed by atoms with E-state index in [0.717, 1.165) is 18.7 Å². The van der Waals surface area contributed by atoms with Crippen molar-refractivity contribution >= 4 is 15.9 Å². The number of nitrogens with one attached hydrogen (secondary N) is 1. The van der Waals surface area contributed by atoms with E-state index in [1.165, 1.54) is 25.3 Å². The van der Waals surface area contributed by atoms with Gasteiger partial charge in [0.15, 0.2) is 0 Å². The molecular weight excluding hydrogens is 269 g/mol. The van der Waals surface area contributed by atoms with Gasteiger partial charge in [-0.3, -0.25) is 0 Å². The van der Waals surface area contributed by atoms with Crippen molar-refractivity contribution in [2.45, 2.75) is 32.7 Å². The lowest BCUT2D eigenvalue weighted by Gasteiger charge is -2.14. The van der Waals surface area contributed by atoms with Crippen LogP contribution in [0.1, 0.15) is 31.7 Å². The van der Waals surface area contributed by atoms with Crippen LogP contribution in [0.25, 0.3) is 0 Å². The van der Waals surface area contributed by atoms with E-state index in [1.54, 1.807) is 6.07 Å². The minimum Gasteiger partial charge on any atom is -0.312 e. The zero-order valence-corrected chi connectivity index (χ0v) is 11.1. The third kappa shape index (κ3) is 2.64. The Morgan fingerprint density at radius 2 is 2.19 bits per heavy atom. The smallest absolute Gasteiger partial charge is 0.137 e. The predicted octanol–water partition coefficient (Wildman–Crippen LogP) is 3.87. The average molecular weight is 286 g/mol. The van der Waals surface area contributed by atoms with Gasteiger partial charge < -0.3 is 5.32 Å². The molecule has 0 atom stereocenters. The average Bonchev–Trinajstić information content (AvgIpc) is 3.05. The second-order valence-electron chi connectivity index (χ2n) is 4.67.